The third-order valence-electron chi connectivity index (χ3n) is 4.70. The molecular weight excluding hydrogens is 350 g/mol. The normalized spacial score (nSPS) is 20.7. The summed E-state index contributed by atoms with van der Waals surface area (Å²) < 4.78 is 5.53. The molecule has 1 aromatic carbocycles. The maximum Gasteiger partial charge on any atom is 0.246 e. The van der Waals surface area contributed by atoms with Gasteiger partial charge >= 0.3 is 0 Å². The third kappa shape index (κ3) is 3.80. The van der Waals surface area contributed by atoms with E-state index in [2.05, 4.69) is 15.3 Å². The molecule has 4 rings (SSSR count). The number of H-pyrrole nitrogens is 1. The van der Waals surface area contributed by atoms with Crippen LogP contribution in [0.2, 0.25) is 0 Å². The molecule has 0 radical (unpaired) electrons. The second-order valence-corrected chi connectivity index (χ2v) is 7.62. The molecule has 26 heavy (non-hydrogen) atoms. The van der Waals surface area contributed by atoms with Crippen LogP contribution in [0.15, 0.2) is 41.8 Å². The standard InChI is InChI=1S/C19H21N3O3S/c23-13-8-12(9-13)19(16-6-3-7-26-16)22-18(24)11-25-10-17-20-14-4-1-2-5-15(14)21-17/h1-7,12-13,19,23H,8-11H2,(H,20,21)(H,22,24)/t12?,13?,19-/m0/s1. The maximum absolute atomic E-state index is 12.3. The van der Waals surface area contributed by atoms with Crippen molar-refractivity contribution in [2.24, 2.45) is 5.92 Å². The topological polar surface area (TPSA) is 87.2 Å². The Morgan fingerprint density at radius 1 is 1.35 bits per heavy atom. The van der Waals surface area contributed by atoms with Crippen molar-refractivity contribution < 1.29 is 14.6 Å². The molecule has 7 heteroatoms. The molecule has 2 heterocycles. The molecule has 1 atom stereocenters. The fourth-order valence-electron chi connectivity index (χ4n) is 3.32. The zero-order valence-electron chi connectivity index (χ0n) is 14.2. The number of amides is 1. The largest absolute Gasteiger partial charge is 0.393 e. The highest BCUT2D eigenvalue weighted by Gasteiger charge is 2.36. The number of nitrogens with zero attached hydrogens (tertiary/aromatic N) is 1. The van der Waals surface area contributed by atoms with E-state index in [-0.39, 0.29) is 37.2 Å². The molecule has 0 unspecified atom stereocenters. The van der Waals surface area contributed by atoms with Crippen molar-refractivity contribution >= 4 is 28.3 Å². The number of hydrogen-bond acceptors (Lipinski definition) is 5. The summed E-state index contributed by atoms with van der Waals surface area (Å²) in [5.74, 6) is 0.833. The van der Waals surface area contributed by atoms with Gasteiger partial charge in [0.05, 0.1) is 23.2 Å². The lowest BCUT2D eigenvalue weighted by Gasteiger charge is -2.37. The predicted octanol–water partition coefficient (Wildman–Crippen LogP) is 2.77. The lowest BCUT2D eigenvalue weighted by Crippen LogP contribution is -2.42. The first-order valence-electron chi connectivity index (χ1n) is 8.71. The summed E-state index contributed by atoms with van der Waals surface area (Å²) in [6.07, 6.45) is 1.20. The number of benzene rings is 1. The van der Waals surface area contributed by atoms with E-state index in [0.717, 1.165) is 28.8 Å². The number of carbonyl (C=O) groups excluding carboxylic acids is 1. The first-order chi connectivity index (χ1) is 12.7. The van der Waals surface area contributed by atoms with Crippen LogP contribution in [-0.2, 0) is 16.1 Å². The van der Waals surface area contributed by atoms with Crippen LogP contribution in [0, 0.1) is 5.92 Å². The van der Waals surface area contributed by atoms with Gasteiger partial charge in [-0.1, -0.05) is 18.2 Å². The first-order valence-corrected chi connectivity index (χ1v) is 9.59. The highest BCUT2D eigenvalue weighted by atomic mass is 32.1. The maximum atomic E-state index is 12.3. The summed E-state index contributed by atoms with van der Waals surface area (Å²) in [5, 5.41) is 14.6. The fraction of sp³-hybridized carbons (Fsp3) is 0.368. The van der Waals surface area contributed by atoms with Crippen molar-refractivity contribution in [1.82, 2.24) is 15.3 Å². The molecule has 0 spiro atoms. The van der Waals surface area contributed by atoms with Gasteiger partial charge in [-0.15, -0.1) is 11.3 Å². The van der Waals surface area contributed by atoms with Crippen LogP contribution in [0.25, 0.3) is 11.0 Å². The molecule has 2 aromatic heterocycles. The highest BCUT2D eigenvalue weighted by molar-refractivity contribution is 7.10. The van der Waals surface area contributed by atoms with Crippen molar-refractivity contribution in [3.05, 3.63) is 52.5 Å². The van der Waals surface area contributed by atoms with E-state index < -0.39 is 0 Å². The summed E-state index contributed by atoms with van der Waals surface area (Å²) in [6.45, 7) is 0.238. The molecule has 1 aliphatic rings. The summed E-state index contributed by atoms with van der Waals surface area (Å²) in [6, 6.07) is 11.7. The number of hydrogen-bond donors (Lipinski definition) is 3. The van der Waals surface area contributed by atoms with Crippen LogP contribution in [0.1, 0.15) is 29.6 Å². The molecule has 1 aliphatic carbocycles. The van der Waals surface area contributed by atoms with Gasteiger partial charge in [0, 0.05) is 4.88 Å². The quantitative estimate of drug-likeness (QED) is 0.596. The molecule has 1 amide bonds. The predicted molar refractivity (Wildman–Crippen MR) is 99.7 cm³/mol. The zero-order chi connectivity index (χ0) is 17.9. The Balaban J connectivity index is 1.31. The number of para-hydroxylation sites is 2. The van der Waals surface area contributed by atoms with Gasteiger partial charge in [-0.25, -0.2) is 4.98 Å². The molecule has 3 N–H and O–H groups in total. The van der Waals surface area contributed by atoms with E-state index in [0.29, 0.717) is 5.82 Å². The van der Waals surface area contributed by atoms with Crippen molar-refractivity contribution in [1.29, 1.82) is 0 Å². The number of thiophene rings is 1. The Kier molecular flexibility index (Phi) is 5.01. The summed E-state index contributed by atoms with van der Waals surface area (Å²) >= 11 is 1.62. The number of aromatic amines is 1. The van der Waals surface area contributed by atoms with E-state index in [4.69, 9.17) is 4.74 Å². The van der Waals surface area contributed by atoms with Crippen molar-refractivity contribution in [3.8, 4) is 0 Å². The lowest BCUT2D eigenvalue weighted by atomic mass is 9.77. The highest BCUT2D eigenvalue weighted by Crippen LogP contribution is 2.39. The molecular formula is C19H21N3O3S. The van der Waals surface area contributed by atoms with Gasteiger partial charge in [-0.3, -0.25) is 4.79 Å². The van der Waals surface area contributed by atoms with E-state index >= 15 is 0 Å². The second-order valence-electron chi connectivity index (χ2n) is 6.64. The zero-order valence-corrected chi connectivity index (χ0v) is 15.0. The number of carbonyl (C=O) groups is 1. The van der Waals surface area contributed by atoms with Crippen LogP contribution < -0.4 is 5.32 Å². The molecule has 6 nitrogen and oxygen atoms in total. The number of nitrogens with one attached hydrogen (secondary N) is 2. The molecule has 0 saturated heterocycles. The minimum absolute atomic E-state index is 0.0196. The number of aliphatic hydroxyl groups excluding tert-OH is 1. The minimum Gasteiger partial charge on any atom is -0.393 e. The number of rotatable bonds is 7. The van der Waals surface area contributed by atoms with Gasteiger partial charge in [0.1, 0.15) is 19.0 Å². The van der Waals surface area contributed by atoms with Gasteiger partial charge in [0.2, 0.25) is 5.91 Å². The SMILES string of the molecule is O=C(COCc1nc2ccccc2[nH]1)N[C@H](c1cccs1)C1CC(O)C1. The van der Waals surface area contributed by atoms with Crippen molar-refractivity contribution in [2.75, 3.05) is 6.61 Å². The number of aliphatic hydroxyl groups is 1. The van der Waals surface area contributed by atoms with Crippen LogP contribution in [0.3, 0.4) is 0 Å². The van der Waals surface area contributed by atoms with Crippen molar-refractivity contribution in [3.63, 3.8) is 0 Å². The Bertz CT molecular complexity index is 838. The Morgan fingerprint density at radius 3 is 2.92 bits per heavy atom. The van der Waals surface area contributed by atoms with E-state index in [9.17, 15) is 9.90 Å². The molecule has 1 fully saturated rings. The Morgan fingerprint density at radius 2 is 2.19 bits per heavy atom. The third-order valence-corrected chi connectivity index (χ3v) is 5.65. The Hall–Kier alpha value is -2.22. The van der Waals surface area contributed by atoms with Gasteiger partial charge in [0.25, 0.3) is 0 Å². The summed E-state index contributed by atoms with van der Waals surface area (Å²) in [4.78, 5) is 21.0. The fourth-order valence-corrected chi connectivity index (χ4v) is 4.19. The summed E-state index contributed by atoms with van der Waals surface area (Å²) in [7, 11) is 0. The molecule has 3 aromatic rings. The van der Waals surface area contributed by atoms with E-state index in [1.54, 1.807) is 11.3 Å². The molecule has 1 saturated carbocycles. The second kappa shape index (κ2) is 7.57. The minimum atomic E-state index is -0.247. The van der Waals surface area contributed by atoms with E-state index in [1.807, 2.05) is 41.8 Å². The number of aromatic nitrogens is 2. The average molecular weight is 371 g/mol. The monoisotopic (exact) mass is 371 g/mol. The van der Waals surface area contributed by atoms with Crippen LogP contribution >= 0.6 is 11.3 Å². The smallest absolute Gasteiger partial charge is 0.246 e. The van der Waals surface area contributed by atoms with Crippen molar-refractivity contribution in [2.45, 2.75) is 31.6 Å². The van der Waals surface area contributed by atoms with Crippen LogP contribution in [0.5, 0.6) is 0 Å². The van der Waals surface area contributed by atoms with Crippen LogP contribution in [0.4, 0.5) is 0 Å². The molecule has 136 valence electrons. The lowest BCUT2D eigenvalue weighted by molar-refractivity contribution is -0.128. The first kappa shape index (κ1) is 17.2. The number of fused-ring (bicyclic) bond motifs is 1. The van der Waals surface area contributed by atoms with E-state index in [1.165, 1.54) is 0 Å². The average Bonchev–Trinajstić information content (AvgIpc) is 3.26. The van der Waals surface area contributed by atoms with Gasteiger partial charge in [-0.2, -0.15) is 0 Å². The van der Waals surface area contributed by atoms with Gasteiger partial charge < -0.3 is 20.1 Å². The number of imidazole rings is 1. The van der Waals surface area contributed by atoms with Gasteiger partial charge in [0.15, 0.2) is 0 Å². The van der Waals surface area contributed by atoms with Crippen LogP contribution in [-0.4, -0.2) is 33.7 Å². The number of ether oxygens (including phenoxy) is 1. The molecule has 0 aliphatic heterocycles. The van der Waals surface area contributed by atoms with Gasteiger partial charge in [-0.05, 0) is 42.3 Å². The molecule has 0 bridgehead atoms. The summed E-state index contributed by atoms with van der Waals surface area (Å²) in [5.41, 5.74) is 1.84. The Labute approximate surface area is 155 Å².